The lowest BCUT2D eigenvalue weighted by Gasteiger charge is -2.16. The molecule has 0 saturated carbocycles. The van der Waals surface area contributed by atoms with Gasteiger partial charge in [0.2, 0.25) is 0 Å². The number of carbonyl (C=O) groups excluding carboxylic acids is 2. The van der Waals surface area contributed by atoms with Crippen LogP contribution in [0.2, 0.25) is 0 Å². The van der Waals surface area contributed by atoms with Gasteiger partial charge < -0.3 is 10.1 Å². The van der Waals surface area contributed by atoms with Crippen LogP contribution in [0.15, 0.2) is 18.2 Å². The molecule has 0 aromatic heterocycles. The molecule has 5 heteroatoms. The fourth-order valence-corrected chi connectivity index (χ4v) is 2.54. The first kappa shape index (κ1) is 16.3. The highest BCUT2D eigenvalue weighted by atomic mass is 16.5. The molecule has 1 aliphatic heterocycles. The van der Waals surface area contributed by atoms with Crippen molar-refractivity contribution in [1.29, 1.82) is 0 Å². The summed E-state index contributed by atoms with van der Waals surface area (Å²) in [6, 6.07) is 5.79. The third-order valence-electron chi connectivity index (χ3n) is 3.81. The molecule has 1 heterocycles. The normalized spacial score (nSPS) is 16.8. The molecule has 0 bridgehead atoms. The number of ether oxygens (including phenoxy) is 1. The summed E-state index contributed by atoms with van der Waals surface area (Å²) in [6.45, 7) is 8.53. The average Bonchev–Trinajstić information content (AvgIpc) is 2.62. The van der Waals surface area contributed by atoms with E-state index in [2.05, 4.69) is 18.3 Å². The minimum atomic E-state index is -0.785. The van der Waals surface area contributed by atoms with Crippen molar-refractivity contribution in [3.8, 4) is 5.75 Å². The lowest BCUT2D eigenvalue weighted by molar-refractivity contribution is -0.130. The number of imide groups is 1. The highest BCUT2D eigenvalue weighted by Gasteiger charge is 2.43. The molecular weight excluding hydrogens is 280 g/mol. The second kappa shape index (κ2) is 6.38. The van der Waals surface area contributed by atoms with Gasteiger partial charge in [0, 0.05) is 6.54 Å². The van der Waals surface area contributed by atoms with Gasteiger partial charge in [-0.25, -0.2) is 4.79 Å². The van der Waals surface area contributed by atoms with E-state index in [9.17, 15) is 9.59 Å². The fraction of sp³-hybridized carbons (Fsp3) is 0.529. The predicted molar refractivity (Wildman–Crippen MR) is 85.0 cm³/mol. The smallest absolute Gasteiger partial charge is 0.325 e. The summed E-state index contributed by atoms with van der Waals surface area (Å²) in [5.41, 5.74) is 1.55. The molecule has 1 saturated heterocycles. The highest BCUT2D eigenvalue weighted by molar-refractivity contribution is 6.06. The maximum atomic E-state index is 12.0. The van der Waals surface area contributed by atoms with Gasteiger partial charge in [-0.15, -0.1) is 0 Å². The van der Waals surface area contributed by atoms with Crippen LogP contribution in [-0.2, 0) is 4.79 Å². The van der Waals surface area contributed by atoms with Crippen LogP contribution in [0.3, 0.4) is 0 Å². The molecule has 0 unspecified atom stereocenters. The first-order valence-corrected chi connectivity index (χ1v) is 7.65. The molecule has 0 radical (unpaired) electrons. The van der Waals surface area contributed by atoms with Crippen molar-refractivity contribution in [2.75, 3.05) is 13.2 Å². The second-order valence-corrected chi connectivity index (χ2v) is 6.34. The minimum absolute atomic E-state index is 0.159. The molecule has 120 valence electrons. The summed E-state index contributed by atoms with van der Waals surface area (Å²) in [7, 11) is 0. The number of rotatable bonds is 6. The Morgan fingerprint density at radius 2 is 1.91 bits per heavy atom. The number of amides is 3. The van der Waals surface area contributed by atoms with E-state index in [1.165, 1.54) is 10.5 Å². The number of unbranched alkanes of at least 4 members (excludes halogenated alkanes) is 1. The second-order valence-electron chi connectivity index (χ2n) is 6.34. The van der Waals surface area contributed by atoms with Gasteiger partial charge in [-0.05, 0) is 52.2 Å². The Bertz CT molecular complexity index is 581. The van der Waals surface area contributed by atoms with Crippen molar-refractivity contribution in [3.63, 3.8) is 0 Å². The molecule has 22 heavy (non-hydrogen) atoms. The van der Waals surface area contributed by atoms with E-state index in [0.717, 1.165) is 24.2 Å². The van der Waals surface area contributed by atoms with E-state index in [0.29, 0.717) is 13.2 Å². The van der Waals surface area contributed by atoms with Crippen LogP contribution in [0.1, 0.15) is 37.8 Å². The number of nitrogens with zero attached hydrogens (tertiary/aromatic N) is 1. The maximum absolute atomic E-state index is 12.0. The third kappa shape index (κ3) is 3.59. The van der Waals surface area contributed by atoms with Gasteiger partial charge in [0.25, 0.3) is 5.91 Å². The SMILES string of the molecule is Cc1ccc(OCCCCN2C(=O)NC(C)(C)C2=O)c(C)c1. The Hall–Kier alpha value is -2.04. The first-order valence-electron chi connectivity index (χ1n) is 7.65. The maximum Gasteiger partial charge on any atom is 0.325 e. The van der Waals surface area contributed by atoms with Crippen molar-refractivity contribution < 1.29 is 14.3 Å². The molecule has 0 atom stereocenters. The summed E-state index contributed by atoms with van der Waals surface area (Å²) < 4.78 is 5.75. The molecule has 1 aromatic carbocycles. The zero-order chi connectivity index (χ0) is 16.3. The van der Waals surface area contributed by atoms with E-state index in [-0.39, 0.29) is 11.9 Å². The van der Waals surface area contributed by atoms with Crippen LogP contribution in [0.5, 0.6) is 5.75 Å². The van der Waals surface area contributed by atoms with Crippen LogP contribution >= 0.6 is 0 Å². The number of hydrogen-bond acceptors (Lipinski definition) is 3. The molecule has 1 fully saturated rings. The summed E-state index contributed by atoms with van der Waals surface area (Å²) >= 11 is 0. The Labute approximate surface area is 131 Å². The van der Waals surface area contributed by atoms with Crippen molar-refractivity contribution in [2.24, 2.45) is 0 Å². The van der Waals surface area contributed by atoms with Gasteiger partial charge >= 0.3 is 6.03 Å². The lowest BCUT2D eigenvalue weighted by Crippen LogP contribution is -2.40. The van der Waals surface area contributed by atoms with Crippen LogP contribution in [0.25, 0.3) is 0 Å². The van der Waals surface area contributed by atoms with E-state index < -0.39 is 5.54 Å². The standard InChI is InChI=1S/C17H24N2O3/c1-12-7-8-14(13(2)11-12)22-10-6-5-9-19-15(20)17(3,4)18-16(19)21/h7-8,11H,5-6,9-10H2,1-4H3,(H,18,21). The van der Waals surface area contributed by atoms with Crippen LogP contribution < -0.4 is 10.1 Å². The predicted octanol–water partition coefficient (Wildman–Crippen LogP) is 2.79. The lowest BCUT2D eigenvalue weighted by atomic mass is 10.1. The molecule has 0 aliphatic carbocycles. The van der Waals surface area contributed by atoms with E-state index in [1.54, 1.807) is 13.8 Å². The summed E-state index contributed by atoms with van der Waals surface area (Å²) in [5.74, 6) is 0.731. The molecule has 0 spiro atoms. The number of nitrogens with one attached hydrogen (secondary N) is 1. The number of carbonyl (C=O) groups is 2. The molecule has 1 N–H and O–H groups in total. The van der Waals surface area contributed by atoms with Gasteiger partial charge in [-0.1, -0.05) is 17.7 Å². The van der Waals surface area contributed by atoms with Gasteiger partial charge in [-0.3, -0.25) is 9.69 Å². The van der Waals surface area contributed by atoms with Crippen LogP contribution in [0.4, 0.5) is 4.79 Å². The van der Waals surface area contributed by atoms with Crippen LogP contribution in [0, 0.1) is 13.8 Å². The largest absolute Gasteiger partial charge is 0.493 e. The van der Waals surface area contributed by atoms with E-state index in [4.69, 9.17) is 4.74 Å². The monoisotopic (exact) mass is 304 g/mol. The molecule has 2 rings (SSSR count). The average molecular weight is 304 g/mol. The summed E-state index contributed by atoms with van der Waals surface area (Å²) in [4.78, 5) is 25.0. The van der Waals surface area contributed by atoms with E-state index in [1.807, 2.05) is 19.1 Å². The summed E-state index contributed by atoms with van der Waals surface area (Å²) in [5, 5.41) is 2.68. The van der Waals surface area contributed by atoms with Gasteiger partial charge in [-0.2, -0.15) is 0 Å². The highest BCUT2D eigenvalue weighted by Crippen LogP contribution is 2.19. The zero-order valence-electron chi connectivity index (χ0n) is 13.7. The van der Waals surface area contributed by atoms with Gasteiger partial charge in [0.05, 0.1) is 6.61 Å². The molecular formula is C17H24N2O3. The number of urea groups is 1. The van der Waals surface area contributed by atoms with Crippen LogP contribution in [-0.4, -0.2) is 35.5 Å². The Morgan fingerprint density at radius 3 is 2.50 bits per heavy atom. The van der Waals surface area contributed by atoms with Crippen molar-refractivity contribution in [3.05, 3.63) is 29.3 Å². The molecule has 3 amide bonds. The Balaban J connectivity index is 1.74. The fourth-order valence-electron chi connectivity index (χ4n) is 2.54. The zero-order valence-corrected chi connectivity index (χ0v) is 13.7. The Kier molecular flexibility index (Phi) is 4.74. The van der Waals surface area contributed by atoms with E-state index >= 15 is 0 Å². The molecule has 5 nitrogen and oxygen atoms in total. The first-order chi connectivity index (χ1) is 10.3. The topological polar surface area (TPSA) is 58.6 Å². The number of benzene rings is 1. The minimum Gasteiger partial charge on any atom is -0.493 e. The van der Waals surface area contributed by atoms with Gasteiger partial charge in [0.15, 0.2) is 0 Å². The summed E-state index contributed by atoms with van der Waals surface area (Å²) in [6.07, 6.45) is 1.53. The third-order valence-corrected chi connectivity index (χ3v) is 3.81. The molecule has 1 aromatic rings. The number of aryl methyl sites for hydroxylation is 2. The van der Waals surface area contributed by atoms with Crippen molar-refractivity contribution in [1.82, 2.24) is 10.2 Å². The number of hydrogen-bond donors (Lipinski definition) is 1. The quantitative estimate of drug-likeness (QED) is 0.649. The van der Waals surface area contributed by atoms with Crippen molar-refractivity contribution >= 4 is 11.9 Å². The van der Waals surface area contributed by atoms with Crippen molar-refractivity contribution in [2.45, 2.75) is 46.1 Å². The van der Waals surface area contributed by atoms with Gasteiger partial charge in [0.1, 0.15) is 11.3 Å². The Morgan fingerprint density at radius 1 is 1.18 bits per heavy atom. The molecule has 1 aliphatic rings.